The van der Waals surface area contributed by atoms with Gasteiger partial charge in [-0.05, 0) is 11.5 Å². The minimum Gasteiger partial charge on any atom is -0.756 e. The maximum absolute atomic E-state index is 11.1. The normalized spacial score (nSPS) is 14.5. The lowest BCUT2D eigenvalue weighted by Gasteiger charge is -2.38. The van der Waals surface area contributed by atoms with E-state index in [-0.39, 0.29) is 29.7 Å². The van der Waals surface area contributed by atoms with Crippen LogP contribution < -0.4 is 9.63 Å². The SMILES string of the molecule is C[N+](C)(COP(=O)([O-])O)C(CCOc1cccc2ccccc12)c1ccccc1.Cl. The largest absolute Gasteiger partial charge is 0.756 e. The molecule has 0 saturated carbocycles. The summed E-state index contributed by atoms with van der Waals surface area (Å²) in [7, 11) is -1.06. The number of ether oxygens (including phenoxy) is 1. The van der Waals surface area contributed by atoms with Crippen molar-refractivity contribution in [1.29, 1.82) is 0 Å². The number of benzene rings is 3. The van der Waals surface area contributed by atoms with E-state index >= 15 is 0 Å². The Morgan fingerprint density at radius 2 is 1.63 bits per heavy atom. The highest BCUT2D eigenvalue weighted by atomic mass is 35.5. The zero-order valence-electron chi connectivity index (χ0n) is 17.0. The third-order valence-electron chi connectivity index (χ3n) is 4.98. The molecule has 0 aliphatic rings. The molecule has 6 nitrogen and oxygen atoms in total. The number of fused-ring (bicyclic) bond motifs is 1. The van der Waals surface area contributed by atoms with Crippen molar-refractivity contribution in [2.24, 2.45) is 0 Å². The molecule has 2 atom stereocenters. The highest BCUT2D eigenvalue weighted by molar-refractivity contribution is 7.44. The zero-order valence-corrected chi connectivity index (χ0v) is 18.7. The number of quaternary nitrogens is 1. The van der Waals surface area contributed by atoms with Gasteiger partial charge in [0.1, 0.15) is 11.8 Å². The molecular weight excluding hydrogens is 425 g/mol. The Morgan fingerprint density at radius 3 is 2.33 bits per heavy atom. The third-order valence-corrected chi connectivity index (χ3v) is 5.42. The van der Waals surface area contributed by atoms with Crippen LogP contribution in [0.4, 0.5) is 0 Å². The van der Waals surface area contributed by atoms with E-state index in [1.807, 2.05) is 86.9 Å². The molecule has 0 amide bonds. The van der Waals surface area contributed by atoms with E-state index in [1.165, 1.54) is 0 Å². The summed E-state index contributed by atoms with van der Waals surface area (Å²) in [5.41, 5.74) is 1.04. The van der Waals surface area contributed by atoms with Crippen LogP contribution in [0.25, 0.3) is 10.8 Å². The van der Waals surface area contributed by atoms with Crippen molar-refractivity contribution in [1.82, 2.24) is 0 Å². The maximum Gasteiger partial charge on any atom is 0.269 e. The summed E-state index contributed by atoms with van der Waals surface area (Å²) in [5.74, 6) is 0.816. The fourth-order valence-electron chi connectivity index (χ4n) is 3.51. The molecule has 0 aliphatic heterocycles. The van der Waals surface area contributed by atoms with Crippen molar-refractivity contribution < 1.29 is 28.1 Å². The lowest BCUT2D eigenvalue weighted by Crippen LogP contribution is -2.45. The Bertz CT molecular complexity index is 988. The van der Waals surface area contributed by atoms with Gasteiger partial charge in [0, 0.05) is 17.4 Å². The second-order valence-corrected chi connectivity index (χ2v) is 8.74. The van der Waals surface area contributed by atoms with E-state index in [2.05, 4.69) is 0 Å². The lowest BCUT2D eigenvalue weighted by molar-refractivity contribution is -0.936. The van der Waals surface area contributed by atoms with Gasteiger partial charge in [-0.15, -0.1) is 12.4 Å². The molecule has 0 spiro atoms. The standard InChI is InChI=1S/C22H26NO5P.ClH/c1-23(2,17-28-29(24,25)26)21(19-10-4-3-5-11-19)15-16-27-22-14-8-12-18-9-6-7-13-20(18)22;/h3-14,21H,15-17H2,1-2H3,(H-,24,25,26);1H. The van der Waals surface area contributed by atoms with Crippen molar-refractivity contribution in [3.8, 4) is 5.75 Å². The predicted molar refractivity (Wildman–Crippen MR) is 118 cm³/mol. The third kappa shape index (κ3) is 6.54. The quantitative estimate of drug-likeness (QED) is 0.298. The molecule has 3 rings (SSSR count). The maximum atomic E-state index is 11.1. The fourth-order valence-corrected chi connectivity index (χ4v) is 3.95. The smallest absolute Gasteiger partial charge is 0.269 e. The molecule has 1 N–H and O–H groups in total. The molecule has 2 unspecified atom stereocenters. The highest BCUT2D eigenvalue weighted by Gasteiger charge is 2.31. The molecule has 0 bridgehead atoms. The number of phosphoric acid groups is 1. The summed E-state index contributed by atoms with van der Waals surface area (Å²) in [6.45, 7) is 0.272. The number of rotatable bonds is 9. The Balaban J connectivity index is 0.00000320. The first-order chi connectivity index (χ1) is 13.8. The number of hydrogen-bond donors (Lipinski definition) is 1. The van der Waals surface area contributed by atoms with E-state index in [9.17, 15) is 9.46 Å². The topological polar surface area (TPSA) is 78.8 Å². The van der Waals surface area contributed by atoms with Crippen LogP contribution in [0.1, 0.15) is 18.0 Å². The van der Waals surface area contributed by atoms with E-state index < -0.39 is 7.82 Å². The van der Waals surface area contributed by atoms with Crippen molar-refractivity contribution >= 4 is 31.0 Å². The van der Waals surface area contributed by atoms with Crippen LogP contribution in [0.3, 0.4) is 0 Å². The fraction of sp³-hybridized carbons (Fsp3) is 0.273. The summed E-state index contributed by atoms with van der Waals surface area (Å²) in [6.07, 6.45) is 0.637. The van der Waals surface area contributed by atoms with Crippen LogP contribution in [0, 0.1) is 0 Å². The second-order valence-electron chi connectivity index (χ2n) is 7.55. The van der Waals surface area contributed by atoms with Crippen molar-refractivity contribution in [2.75, 3.05) is 27.4 Å². The first-order valence-electron chi connectivity index (χ1n) is 9.43. The molecule has 0 aliphatic carbocycles. The van der Waals surface area contributed by atoms with Gasteiger partial charge in [-0.1, -0.05) is 66.7 Å². The summed E-state index contributed by atoms with van der Waals surface area (Å²) in [6, 6.07) is 23.7. The Kier molecular flexibility index (Phi) is 8.44. The van der Waals surface area contributed by atoms with Crippen LogP contribution in [0.2, 0.25) is 0 Å². The molecule has 3 aromatic rings. The molecule has 162 valence electrons. The number of halogens is 1. The molecule has 0 heterocycles. The first-order valence-corrected chi connectivity index (χ1v) is 10.9. The van der Waals surface area contributed by atoms with E-state index in [0.29, 0.717) is 13.0 Å². The molecular formula is C22H27ClNO5P. The van der Waals surface area contributed by atoms with Gasteiger partial charge < -0.3 is 14.5 Å². The summed E-state index contributed by atoms with van der Waals surface area (Å²) in [4.78, 5) is 20.1. The lowest BCUT2D eigenvalue weighted by atomic mass is 10.0. The number of phosphoric ester groups is 1. The molecule has 3 aromatic carbocycles. The average molecular weight is 452 g/mol. The minimum absolute atomic E-state index is 0. The molecule has 30 heavy (non-hydrogen) atoms. The van der Waals surface area contributed by atoms with Crippen molar-refractivity contribution in [3.05, 3.63) is 78.4 Å². The van der Waals surface area contributed by atoms with Crippen LogP contribution in [-0.4, -0.2) is 36.8 Å². The predicted octanol–water partition coefficient (Wildman–Crippen LogP) is 4.28. The van der Waals surface area contributed by atoms with Gasteiger partial charge in [-0.3, -0.25) is 13.6 Å². The summed E-state index contributed by atoms with van der Waals surface area (Å²) < 4.78 is 22.1. The number of nitrogens with zero attached hydrogens (tertiary/aromatic N) is 1. The van der Waals surface area contributed by atoms with E-state index in [1.54, 1.807) is 0 Å². The van der Waals surface area contributed by atoms with Gasteiger partial charge in [-0.25, -0.2) is 0 Å². The van der Waals surface area contributed by atoms with Gasteiger partial charge in [0.05, 0.1) is 20.7 Å². The molecule has 0 radical (unpaired) electrons. The zero-order chi connectivity index (χ0) is 20.9. The minimum atomic E-state index is -4.79. The average Bonchev–Trinajstić information content (AvgIpc) is 2.70. The molecule has 8 heteroatoms. The van der Waals surface area contributed by atoms with Gasteiger partial charge >= 0.3 is 0 Å². The van der Waals surface area contributed by atoms with Gasteiger partial charge in [0.25, 0.3) is 7.82 Å². The Morgan fingerprint density at radius 1 is 1.00 bits per heavy atom. The first kappa shape index (κ1) is 24.4. The number of hydrogen-bond acceptors (Lipinski definition) is 4. The van der Waals surface area contributed by atoms with E-state index in [0.717, 1.165) is 22.1 Å². The van der Waals surface area contributed by atoms with Crippen molar-refractivity contribution in [2.45, 2.75) is 12.5 Å². The molecule has 0 fully saturated rings. The van der Waals surface area contributed by atoms with Crippen LogP contribution in [0.15, 0.2) is 72.8 Å². The van der Waals surface area contributed by atoms with Crippen molar-refractivity contribution in [3.63, 3.8) is 0 Å². The van der Waals surface area contributed by atoms with Crippen LogP contribution >= 0.6 is 20.2 Å². The summed E-state index contributed by atoms with van der Waals surface area (Å²) >= 11 is 0. The van der Waals surface area contributed by atoms with E-state index in [4.69, 9.17) is 14.2 Å². The molecule has 0 aromatic heterocycles. The van der Waals surface area contributed by atoms with Gasteiger partial charge in [0.15, 0.2) is 6.73 Å². The Hall–Kier alpha value is -1.92. The Labute approximate surface area is 183 Å². The summed E-state index contributed by atoms with van der Waals surface area (Å²) in [5, 5.41) is 2.17. The van der Waals surface area contributed by atoms with Crippen LogP contribution in [-0.2, 0) is 9.09 Å². The van der Waals surface area contributed by atoms with Gasteiger partial charge in [0.2, 0.25) is 0 Å². The second kappa shape index (κ2) is 10.4. The van der Waals surface area contributed by atoms with Crippen LogP contribution in [0.5, 0.6) is 5.75 Å². The monoisotopic (exact) mass is 451 g/mol. The van der Waals surface area contributed by atoms with Gasteiger partial charge in [-0.2, -0.15) is 0 Å². The molecule has 0 saturated heterocycles. The highest BCUT2D eigenvalue weighted by Crippen LogP contribution is 2.35.